The second kappa shape index (κ2) is 57.2. The van der Waals surface area contributed by atoms with Crippen LogP contribution in [0.2, 0.25) is 0 Å². The molecule has 0 fully saturated rings. The van der Waals surface area contributed by atoms with E-state index in [-0.39, 0.29) is 18.5 Å². The Morgan fingerprint density at radius 2 is 0.701 bits per heavy atom. The van der Waals surface area contributed by atoms with Gasteiger partial charge in [0, 0.05) is 12.8 Å². The highest BCUT2D eigenvalue weighted by atomic mass is 16.5. The van der Waals surface area contributed by atoms with E-state index in [1.165, 1.54) is 263 Å². The Hall–Kier alpha value is -1.40. The van der Waals surface area contributed by atoms with Crippen LogP contribution < -0.4 is 5.32 Å². The first-order chi connectivity index (χ1) is 33.0. The lowest BCUT2D eigenvalue weighted by molar-refractivity contribution is -0.143. The van der Waals surface area contributed by atoms with Crippen LogP contribution in [0.3, 0.4) is 0 Å². The third-order valence-electron chi connectivity index (χ3n) is 14.3. The fraction of sp³-hybridized carbons (Fsp3) is 0.934. The number of ether oxygens (including phenoxy) is 1. The van der Waals surface area contributed by atoms with Gasteiger partial charge in [0.1, 0.15) is 0 Å². The van der Waals surface area contributed by atoms with Crippen molar-refractivity contribution in [3.63, 3.8) is 0 Å². The number of nitrogens with one attached hydrogen (secondary N) is 1. The minimum atomic E-state index is -0.665. The van der Waals surface area contributed by atoms with E-state index in [0.717, 1.165) is 44.9 Å². The zero-order chi connectivity index (χ0) is 48.6. The van der Waals surface area contributed by atoms with Crippen LogP contribution in [0.1, 0.15) is 341 Å². The molecule has 0 bridgehead atoms. The van der Waals surface area contributed by atoms with Crippen LogP contribution >= 0.6 is 0 Å². The number of amides is 1. The van der Waals surface area contributed by atoms with Crippen LogP contribution in [-0.4, -0.2) is 47.4 Å². The van der Waals surface area contributed by atoms with Crippen LogP contribution in [-0.2, 0) is 14.3 Å². The lowest BCUT2D eigenvalue weighted by Crippen LogP contribution is -2.45. The first kappa shape index (κ1) is 65.6. The van der Waals surface area contributed by atoms with Crippen molar-refractivity contribution >= 4 is 11.9 Å². The van der Waals surface area contributed by atoms with Gasteiger partial charge in [-0.15, -0.1) is 0 Å². The van der Waals surface area contributed by atoms with E-state index in [1.807, 2.05) is 0 Å². The summed E-state index contributed by atoms with van der Waals surface area (Å²) < 4.78 is 5.46. The minimum Gasteiger partial charge on any atom is -0.466 e. The van der Waals surface area contributed by atoms with Crippen molar-refractivity contribution in [2.75, 3.05) is 13.2 Å². The Kier molecular flexibility index (Phi) is 56.0. The van der Waals surface area contributed by atoms with Crippen molar-refractivity contribution in [3.05, 3.63) is 12.2 Å². The van der Waals surface area contributed by atoms with Gasteiger partial charge in [0.05, 0.1) is 25.4 Å². The molecule has 0 heterocycles. The number of aliphatic hydroxyl groups is 2. The molecule has 0 spiro atoms. The lowest BCUT2D eigenvalue weighted by Gasteiger charge is -2.22. The van der Waals surface area contributed by atoms with E-state index in [1.54, 1.807) is 0 Å². The van der Waals surface area contributed by atoms with Gasteiger partial charge in [-0.3, -0.25) is 9.59 Å². The largest absolute Gasteiger partial charge is 0.466 e. The summed E-state index contributed by atoms with van der Waals surface area (Å²) in [7, 11) is 0. The molecule has 67 heavy (non-hydrogen) atoms. The maximum Gasteiger partial charge on any atom is 0.305 e. The number of carbonyl (C=O) groups excluding carboxylic acids is 2. The molecule has 0 radical (unpaired) electrons. The zero-order valence-electron chi connectivity index (χ0n) is 45.4. The molecule has 6 nitrogen and oxygen atoms in total. The van der Waals surface area contributed by atoms with Gasteiger partial charge in [0.15, 0.2) is 0 Å². The first-order valence-corrected chi connectivity index (χ1v) is 30.4. The summed E-state index contributed by atoms with van der Waals surface area (Å²) in [6, 6.07) is -0.542. The van der Waals surface area contributed by atoms with Crippen LogP contribution in [0, 0.1) is 0 Å². The molecule has 0 aromatic carbocycles. The van der Waals surface area contributed by atoms with Crippen LogP contribution in [0.5, 0.6) is 0 Å². The normalized spacial score (nSPS) is 12.6. The number of aliphatic hydroxyl groups excluding tert-OH is 2. The molecule has 0 aliphatic heterocycles. The Morgan fingerprint density at radius 3 is 1.09 bits per heavy atom. The second-order valence-electron chi connectivity index (χ2n) is 21.0. The first-order valence-electron chi connectivity index (χ1n) is 30.4. The van der Waals surface area contributed by atoms with Crippen molar-refractivity contribution < 1.29 is 24.5 Å². The van der Waals surface area contributed by atoms with Gasteiger partial charge in [0.2, 0.25) is 5.91 Å². The van der Waals surface area contributed by atoms with E-state index < -0.39 is 12.1 Å². The molecule has 2 unspecified atom stereocenters. The van der Waals surface area contributed by atoms with E-state index in [4.69, 9.17) is 4.74 Å². The predicted octanol–water partition coefficient (Wildman–Crippen LogP) is 18.9. The molecule has 0 aromatic heterocycles. The van der Waals surface area contributed by atoms with Crippen LogP contribution in [0.15, 0.2) is 12.2 Å². The van der Waals surface area contributed by atoms with Crippen molar-refractivity contribution in [3.8, 4) is 0 Å². The molecule has 398 valence electrons. The summed E-state index contributed by atoms with van der Waals surface area (Å²) >= 11 is 0. The van der Waals surface area contributed by atoms with Crippen LogP contribution in [0.4, 0.5) is 0 Å². The number of unbranched alkanes of at least 4 members (excludes halogenated alkanes) is 44. The molecular weight excluding hydrogens is 827 g/mol. The van der Waals surface area contributed by atoms with Crippen molar-refractivity contribution in [1.82, 2.24) is 5.32 Å². The SMILES string of the molecule is CCCCC/C=C\CCCCCCCC(=O)OCCCCCCCCCCCCCCCCCCCCCCC(=O)NC(CO)C(O)CCCCCCCCCCCCCCCCCCCC. The summed E-state index contributed by atoms with van der Waals surface area (Å²) in [5, 5.41) is 23.3. The highest BCUT2D eigenvalue weighted by molar-refractivity contribution is 5.76. The van der Waals surface area contributed by atoms with Gasteiger partial charge in [-0.1, -0.05) is 289 Å². The lowest BCUT2D eigenvalue weighted by atomic mass is 10.0. The number of carbonyl (C=O) groups is 2. The quantitative estimate of drug-likeness (QED) is 0.0321. The zero-order valence-corrected chi connectivity index (χ0v) is 45.4. The van der Waals surface area contributed by atoms with Gasteiger partial charge in [0.25, 0.3) is 0 Å². The fourth-order valence-corrected chi connectivity index (χ4v) is 9.64. The second-order valence-corrected chi connectivity index (χ2v) is 21.0. The summed E-state index contributed by atoms with van der Waals surface area (Å²) in [4.78, 5) is 24.5. The smallest absolute Gasteiger partial charge is 0.305 e. The van der Waals surface area contributed by atoms with E-state index in [2.05, 4.69) is 31.3 Å². The third-order valence-corrected chi connectivity index (χ3v) is 14.3. The van der Waals surface area contributed by atoms with Crippen LogP contribution in [0.25, 0.3) is 0 Å². The molecule has 1 amide bonds. The summed E-state index contributed by atoms with van der Waals surface area (Å²) in [5.74, 6) is -0.0325. The maximum atomic E-state index is 12.5. The highest BCUT2D eigenvalue weighted by Crippen LogP contribution is 2.18. The standard InChI is InChI=1S/C61H119NO5/c1-3-5-7-9-11-13-15-17-18-19-24-27-30-33-37-41-45-49-53-59(64)58(57-63)62-60(65)54-50-46-42-38-34-31-28-25-22-20-21-23-26-29-32-36-40-44-48-52-56-67-61(66)55-51-47-43-39-35-16-14-12-10-8-6-4-2/h12,14,58-59,63-64H,3-11,13,15-57H2,1-2H3,(H,62,65)/b14-12-. The topological polar surface area (TPSA) is 95.9 Å². The Labute approximate surface area is 419 Å². The molecule has 0 saturated carbocycles. The fourth-order valence-electron chi connectivity index (χ4n) is 9.64. The average Bonchev–Trinajstić information content (AvgIpc) is 3.33. The van der Waals surface area contributed by atoms with Crippen molar-refractivity contribution in [2.24, 2.45) is 0 Å². The van der Waals surface area contributed by atoms with E-state index >= 15 is 0 Å². The molecule has 0 saturated heterocycles. The number of allylic oxidation sites excluding steroid dienone is 2. The predicted molar refractivity (Wildman–Crippen MR) is 292 cm³/mol. The Bertz CT molecular complexity index is 1000. The number of hydrogen-bond acceptors (Lipinski definition) is 5. The number of esters is 1. The third kappa shape index (κ3) is 53.8. The van der Waals surface area contributed by atoms with Gasteiger partial charge in [-0.05, 0) is 51.4 Å². The number of hydrogen-bond donors (Lipinski definition) is 3. The van der Waals surface area contributed by atoms with E-state index in [0.29, 0.717) is 25.9 Å². The molecule has 0 aliphatic rings. The maximum absolute atomic E-state index is 12.5. The van der Waals surface area contributed by atoms with Gasteiger partial charge in [-0.2, -0.15) is 0 Å². The molecular formula is C61H119NO5. The summed E-state index contributed by atoms with van der Waals surface area (Å²) in [5.41, 5.74) is 0. The average molecular weight is 947 g/mol. The number of rotatable bonds is 57. The van der Waals surface area contributed by atoms with Crippen molar-refractivity contribution in [1.29, 1.82) is 0 Å². The van der Waals surface area contributed by atoms with Gasteiger partial charge in [-0.25, -0.2) is 0 Å². The highest BCUT2D eigenvalue weighted by Gasteiger charge is 2.20. The van der Waals surface area contributed by atoms with Crippen molar-refractivity contribution in [2.45, 2.75) is 353 Å². The van der Waals surface area contributed by atoms with E-state index in [9.17, 15) is 19.8 Å². The minimum absolute atomic E-state index is 0.00123. The Balaban J connectivity index is 3.39. The molecule has 6 heteroatoms. The molecule has 0 aromatic rings. The van der Waals surface area contributed by atoms with Gasteiger partial charge < -0.3 is 20.3 Å². The van der Waals surface area contributed by atoms with Gasteiger partial charge >= 0.3 is 5.97 Å². The summed E-state index contributed by atoms with van der Waals surface area (Å²) in [6.07, 6.45) is 67.8. The summed E-state index contributed by atoms with van der Waals surface area (Å²) in [6.45, 7) is 4.95. The monoisotopic (exact) mass is 946 g/mol. The molecule has 0 rings (SSSR count). The molecule has 3 N–H and O–H groups in total. The molecule has 2 atom stereocenters. The molecule has 0 aliphatic carbocycles. The Morgan fingerprint density at radius 1 is 0.403 bits per heavy atom.